The summed E-state index contributed by atoms with van der Waals surface area (Å²) in [5.41, 5.74) is 2.06. The SMILES string of the molecule is COc1ccc([C@H](C(=O)NC2CCCC2)N(C[C@H]2CCCO2)C(=O)Cn2nnc3ccccc32)c(OC)c1. The number of para-hydroxylation sites is 1. The Kier molecular flexibility index (Phi) is 8.07. The number of carbonyl (C=O) groups is 2. The monoisotopic (exact) mass is 521 g/mol. The van der Waals surface area contributed by atoms with Crippen molar-refractivity contribution in [1.82, 2.24) is 25.2 Å². The summed E-state index contributed by atoms with van der Waals surface area (Å²) in [5.74, 6) is 0.606. The van der Waals surface area contributed by atoms with Crippen molar-refractivity contribution < 1.29 is 23.8 Å². The normalized spacial score (nSPS) is 18.4. The topological polar surface area (TPSA) is 108 Å². The van der Waals surface area contributed by atoms with Gasteiger partial charge in [0.15, 0.2) is 0 Å². The number of carbonyl (C=O) groups excluding carboxylic acids is 2. The summed E-state index contributed by atoms with van der Waals surface area (Å²) in [5, 5.41) is 11.6. The zero-order chi connectivity index (χ0) is 26.5. The highest BCUT2D eigenvalue weighted by atomic mass is 16.5. The third-order valence-electron chi connectivity index (χ3n) is 7.45. The average molecular weight is 522 g/mol. The smallest absolute Gasteiger partial charge is 0.247 e. The number of hydrogen-bond acceptors (Lipinski definition) is 7. The van der Waals surface area contributed by atoms with E-state index in [1.807, 2.05) is 24.3 Å². The van der Waals surface area contributed by atoms with Gasteiger partial charge < -0.3 is 24.4 Å². The molecule has 0 spiro atoms. The Bertz CT molecular complexity index is 1270. The van der Waals surface area contributed by atoms with E-state index in [0.717, 1.165) is 44.0 Å². The number of nitrogens with one attached hydrogen (secondary N) is 1. The molecule has 2 aromatic carbocycles. The molecule has 2 atom stereocenters. The van der Waals surface area contributed by atoms with E-state index >= 15 is 0 Å². The van der Waals surface area contributed by atoms with E-state index in [0.29, 0.717) is 29.2 Å². The van der Waals surface area contributed by atoms with Crippen LogP contribution in [-0.4, -0.2) is 71.2 Å². The maximum absolute atomic E-state index is 14.1. The lowest BCUT2D eigenvalue weighted by molar-refractivity contribution is -0.143. The molecule has 2 heterocycles. The van der Waals surface area contributed by atoms with Gasteiger partial charge in [0.1, 0.15) is 29.6 Å². The lowest BCUT2D eigenvalue weighted by atomic mass is 10.0. The zero-order valence-corrected chi connectivity index (χ0v) is 22.0. The molecule has 2 amide bonds. The molecule has 1 aromatic heterocycles. The Morgan fingerprint density at radius 3 is 2.66 bits per heavy atom. The number of methoxy groups -OCH3 is 2. The molecule has 1 aliphatic heterocycles. The van der Waals surface area contributed by atoms with E-state index < -0.39 is 6.04 Å². The number of ether oxygens (including phenoxy) is 3. The Morgan fingerprint density at radius 2 is 1.92 bits per heavy atom. The molecular weight excluding hydrogens is 486 g/mol. The summed E-state index contributed by atoms with van der Waals surface area (Å²) in [6.45, 7) is 0.869. The minimum atomic E-state index is -0.914. The first kappa shape index (κ1) is 26.0. The summed E-state index contributed by atoms with van der Waals surface area (Å²) in [6, 6.07) is 12.0. The molecule has 1 saturated carbocycles. The van der Waals surface area contributed by atoms with E-state index in [4.69, 9.17) is 14.2 Å². The number of aromatic nitrogens is 3. The molecule has 1 saturated heterocycles. The number of benzene rings is 2. The number of nitrogens with zero attached hydrogens (tertiary/aromatic N) is 4. The number of fused-ring (bicyclic) bond motifs is 1. The van der Waals surface area contributed by atoms with Crippen molar-refractivity contribution in [2.45, 2.75) is 63.3 Å². The van der Waals surface area contributed by atoms with Gasteiger partial charge in [-0.15, -0.1) is 5.10 Å². The third-order valence-corrected chi connectivity index (χ3v) is 7.45. The van der Waals surface area contributed by atoms with Gasteiger partial charge in [0.2, 0.25) is 11.8 Å². The van der Waals surface area contributed by atoms with Crippen molar-refractivity contribution in [2.24, 2.45) is 0 Å². The summed E-state index contributed by atoms with van der Waals surface area (Å²) in [4.78, 5) is 29.7. The number of amides is 2. The van der Waals surface area contributed by atoms with Crippen molar-refractivity contribution in [1.29, 1.82) is 0 Å². The first-order valence-electron chi connectivity index (χ1n) is 13.3. The maximum Gasteiger partial charge on any atom is 0.247 e. The van der Waals surface area contributed by atoms with E-state index in [-0.39, 0.29) is 37.0 Å². The minimum absolute atomic E-state index is 0.0566. The van der Waals surface area contributed by atoms with Gasteiger partial charge in [-0.25, -0.2) is 4.68 Å². The predicted octanol–water partition coefficient (Wildman–Crippen LogP) is 3.26. The van der Waals surface area contributed by atoms with Crippen LogP contribution < -0.4 is 14.8 Å². The molecule has 2 aliphatic rings. The second-order valence-electron chi connectivity index (χ2n) is 9.92. The highest BCUT2D eigenvalue weighted by Gasteiger charge is 2.37. The van der Waals surface area contributed by atoms with Gasteiger partial charge in [0.05, 0.1) is 25.8 Å². The summed E-state index contributed by atoms with van der Waals surface area (Å²) in [7, 11) is 3.13. The number of hydrogen-bond donors (Lipinski definition) is 1. The molecule has 5 rings (SSSR count). The van der Waals surface area contributed by atoms with Crippen LogP contribution in [0.25, 0.3) is 11.0 Å². The van der Waals surface area contributed by atoms with Crippen LogP contribution in [0.4, 0.5) is 0 Å². The summed E-state index contributed by atoms with van der Waals surface area (Å²) < 4.78 is 18.6. The Labute approximate surface area is 222 Å². The van der Waals surface area contributed by atoms with Gasteiger partial charge in [-0.05, 0) is 49.9 Å². The lowest BCUT2D eigenvalue weighted by Gasteiger charge is -2.34. The van der Waals surface area contributed by atoms with Crippen LogP contribution >= 0.6 is 0 Å². The van der Waals surface area contributed by atoms with Gasteiger partial charge in [0, 0.05) is 30.8 Å². The largest absolute Gasteiger partial charge is 0.497 e. The molecule has 10 nitrogen and oxygen atoms in total. The fourth-order valence-electron chi connectivity index (χ4n) is 5.46. The van der Waals surface area contributed by atoms with Gasteiger partial charge in [-0.2, -0.15) is 0 Å². The van der Waals surface area contributed by atoms with Crippen LogP contribution in [0.15, 0.2) is 42.5 Å². The van der Waals surface area contributed by atoms with Crippen molar-refractivity contribution in [3.8, 4) is 11.5 Å². The molecule has 3 aromatic rings. The molecular formula is C28H35N5O5. The van der Waals surface area contributed by atoms with Crippen molar-refractivity contribution in [3.05, 3.63) is 48.0 Å². The molecule has 202 valence electrons. The van der Waals surface area contributed by atoms with E-state index in [9.17, 15) is 9.59 Å². The predicted molar refractivity (Wildman–Crippen MR) is 141 cm³/mol. The van der Waals surface area contributed by atoms with Crippen LogP contribution in [0.2, 0.25) is 0 Å². The van der Waals surface area contributed by atoms with Gasteiger partial charge >= 0.3 is 0 Å². The molecule has 0 radical (unpaired) electrons. The van der Waals surface area contributed by atoms with Crippen LogP contribution in [0.3, 0.4) is 0 Å². The van der Waals surface area contributed by atoms with E-state index in [1.54, 1.807) is 42.0 Å². The minimum Gasteiger partial charge on any atom is -0.497 e. The van der Waals surface area contributed by atoms with Gasteiger partial charge in [-0.1, -0.05) is 30.2 Å². The molecule has 0 unspecified atom stereocenters. The molecule has 38 heavy (non-hydrogen) atoms. The fraction of sp³-hybridized carbons (Fsp3) is 0.500. The van der Waals surface area contributed by atoms with Crippen LogP contribution in [0.1, 0.15) is 50.1 Å². The standard InChI is InChI=1S/C28H35N5O5/c1-36-20-13-14-22(25(16-20)37-2)27(28(35)29-19-8-3-4-9-19)32(17-21-10-7-15-38-21)26(34)18-33-24-12-6-5-11-23(24)30-31-33/h5-6,11-14,16,19,21,27H,3-4,7-10,15,17-18H2,1-2H3,(H,29,35)/t21-,27-/m1/s1. The highest BCUT2D eigenvalue weighted by molar-refractivity contribution is 5.90. The Hall–Kier alpha value is -3.66. The van der Waals surface area contributed by atoms with Gasteiger partial charge in [-0.3, -0.25) is 9.59 Å². The summed E-state index contributed by atoms with van der Waals surface area (Å²) >= 11 is 0. The third kappa shape index (κ3) is 5.60. The van der Waals surface area contributed by atoms with Gasteiger partial charge in [0.25, 0.3) is 0 Å². The quantitative estimate of drug-likeness (QED) is 0.436. The second kappa shape index (κ2) is 11.8. The fourth-order valence-corrected chi connectivity index (χ4v) is 5.46. The van der Waals surface area contributed by atoms with Crippen molar-refractivity contribution in [3.63, 3.8) is 0 Å². The van der Waals surface area contributed by atoms with E-state index in [1.165, 1.54) is 0 Å². The highest BCUT2D eigenvalue weighted by Crippen LogP contribution is 2.35. The first-order chi connectivity index (χ1) is 18.6. The maximum atomic E-state index is 14.1. The zero-order valence-electron chi connectivity index (χ0n) is 22.0. The van der Waals surface area contributed by atoms with Crippen LogP contribution in [0.5, 0.6) is 11.5 Å². The lowest BCUT2D eigenvalue weighted by Crippen LogP contribution is -2.49. The molecule has 2 fully saturated rings. The molecule has 1 N–H and O–H groups in total. The average Bonchev–Trinajstić information content (AvgIpc) is 3.72. The Morgan fingerprint density at radius 1 is 1.11 bits per heavy atom. The number of rotatable bonds is 10. The second-order valence-corrected chi connectivity index (χ2v) is 9.92. The van der Waals surface area contributed by atoms with E-state index in [2.05, 4.69) is 15.6 Å². The molecule has 0 bridgehead atoms. The Balaban J connectivity index is 1.53. The van der Waals surface area contributed by atoms with Crippen molar-refractivity contribution in [2.75, 3.05) is 27.4 Å². The molecule has 10 heteroatoms. The first-order valence-corrected chi connectivity index (χ1v) is 13.3. The molecule has 1 aliphatic carbocycles. The summed E-state index contributed by atoms with van der Waals surface area (Å²) in [6.07, 6.45) is 5.63. The van der Waals surface area contributed by atoms with Crippen molar-refractivity contribution >= 4 is 22.8 Å². The van der Waals surface area contributed by atoms with Crippen LogP contribution in [0, 0.1) is 0 Å². The van der Waals surface area contributed by atoms with Crippen LogP contribution in [-0.2, 0) is 20.9 Å².